The van der Waals surface area contributed by atoms with E-state index < -0.39 is 26.9 Å². The summed E-state index contributed by atoms with van der Waals surface area (Å²) in [6.07, 6.45) is 2.22. The summed E-state index contributed by atoms with van der Waals surface area (Å²) < 4.78 is 42.4. The molecule has 0 spiro atoms. The zero-order valence-electron chi connectivity index (χ0n) is 18.6. The highest BCUT2D eigenvalue weighted by Gasteiger charge is 2.18. The van der Waals surface area contributed by atoms with E-state index in [4.69, 9.17) is 14.2 Å². The summed E-state index contributed by atoms with van der Waals surface area (Å²) in [5.74, 6) is -0.500. The van der Waals surface area contributed by atoms with Crippen LogP contribution in [0.5, 0.6) is 17.2 Å². The number of carbonyl (C=O) groups excluding carboxylic acids is 2. The molecule has 3 aromatic rings. The number of esters is 1. The second-order valence-corrected chi connectivity index (χ2v) is 9.47. The number of anilines is 1. The number of sulfone groups is 1. The molecule has 0 fully saturated rings. The normalized spacial score (nSPS) is 11.3. The second kappa shape index (κ2) is 10.8. The van der Waals surface area contributed by atoms with Crippen LogP contribution in [0.1, 0.15) is 15.9 Å². The number of carbonyl (C=O) groups is 2. The van der Waals surface area contributed by atoms with E-state index in [-0.39, 0.29) is 22.2 Å². The average Bonchev–Trinajstić information content (AvgIpc) is 3.32. The number of aromatic nitrogens is 2. The molecule has 180 valence electrons. The third-order valence-corrected chi connectivity index (χ3v) is 5.94. The average molecular weight is 515 g/mol. The highest BCUT2D eigenvalue weighted by Crippen LogP contribution is 2.30. The smallest absolute Gasteiger partial charge is 0.343 e. The minimum atomic E-state index is -3.63. The highest BCUT2D eigenvalue weighted by atomic mass is 32.2. The minimum absolute atomic E-state index is 0.0741. The van der Waals surface area contributed by atoms with Crippen LogP contribution in [-0.2, 0) is 14.6 Å². The monoisotopic (exact) mass is 514 g/mol. The summed E-state index contributed by atoms with van der Waals surface area (Å²) in [5, 5.41) is 11.3. The number of methoxy groups -OCH3 is 2. The quantitative estimate of drug-likeness (QED) is 0.205. The molecule has 0 radical (unpaired) electrons. The van der Waals surface area contributed by atoms with Gasteiger partial charge in [0, 0.05) is 17.8 Å². The Balaban J connectivity index is 1.77. The molecule has 11 nitrogen and oxygen atoms in total. The summed E-state index contributed by atoms with van der Waals surface area (Å²) in [7, 11) is -0.742. The van der Waals surface area contributed by atoms with E-state index in [2.05, 4.69) is 14.7 Å². The lowest BCUT2D eigenvalue weighted by molar-refractivity contribution is -0.112. The molecule has 0 aliphatic rings. The largest absolute Gasteiger partial charge is 0.497 e. The van der Waals surface area contributed by atoms with Gasteiger partial charge in [0.25, 0.3) is 11.1 Å². The van der Waals surface area contributed by atoms with E-state index in [1.165, 1.54) is 38.5 Å². The number of ether oxygens (including phenoxy) is 3. The molecule has 0 saturated carbocycles. The van der Waals surface area contributed by atoms with Gasteiger partial charge in [-0.05, 0) is 48.0 Å². The molecule has 1 heterocycles. The van der Waals surface area contributed by atoms with Crippen molar-refractivity contribution in [1.29, 1.82) is 5.26 Å². The van der Waals surface area contributed by atoms with Crippen molar-refractivity contribution in [1.82, 2.24) is 9.36 Å². The summed E-state index contributed by atoms with van der Waals surface area (Å²) in [5.41, 5.74) is 0.425. The van der Waals surface area contributed by atoms with Crippen molar-refractivity contribution in [3.63, 3.8) is 0 Å². The van der Waals surface area contributed by atoms with Gasteiger partial charge in [0.2, 0.25) is 15.0 Å². The Kier molecular flexibility index (Phi) is 7.80. The van der Waals surface area contributed by atoms with Crippen LogP contribution in [-0.4, -0.2) is 50.1 Å². The molecule has 0 atom stereocenters. The molecule has 0 saturated heterocycles. The molecule has 13 heteroatoms. The first kappa shape index (κ1) is 25.3. The Hall–Kier alpha value is -4.28. The molecule has 2 aromatic carbocycles. The lowest BCUT2D eigenvalue weighted by Crippen LogP contribution is -2.13. The number of amides is 1. The summed E-state index contributed by atoms with van der Waals surface area (Å²) in [4.78, 5) is 28.6. The standard InChI is InChI=1S/C22H18N4O7S2/c1-31-16-7-5-14(6-8-16)20(28)33-17-9-4-13(11-18(17)32-2)10-15(12-23)19(27)24-21-25-22(26-34-21)35(3,29)30/h4-11H,1-3H3,(H,24,25,26,27). The Bertz CT molecular complexity index is 1440. The summed E-state index contributed by atoms with van der Waals surface area (Å²) in [6.45, 7) is 0. The van der Waals surface area contributed by atoms with Crippen LogP contribution in [0.3, 0.4) is 0 Å². The van der Waals surface area contributed by atoms with Crippen molar-refractivity contribution in [2.24, 2.45) is 0 Å². The van der Waals surface area contributed by atoms with Crippen LogP contribution in [0.25, 0.3) is 6.08 Å². The van der Waals surface area contributed by atoms with E-state index in [9.17, 15) is 23.3 Å². The number of rotatable bonds is 8. The molecule has 3 rings (SSSR count). The maximum absolute atomic E-state index is 12.5. The lowest BCUT2D eigenvalue weighted by atomic mass is 10.1. The third kappa shape index (κ3) is 6.40. The van der Waals surface area contributed by atoms with Gasteiger partial charge in [-0.25, -0.2) is 13.2 Å². The molecule has 0 bridgehead atoms. The molecule has 0 unspecified atom stereocenters. The lowest BCUT2D eigenvalue weighted by Gasteiger charge is -2.10. The number of nitrogens with one attached hydrogen (secondary N) is 1. The first-order chi connectivity index (χ1) is 16.6. The van der Waals surface area contributed by atoms with Crippen LogP contribution in [0.2, 0.25) is 0 Å². The Labute approximate surface area is 204 Å². The van der Waals surface area contributed by atoms with Gasteiger partial charge < -0.3 is 14.2 Å². The number of nitrogens with zero attached hydrogens (tertiary/aromatic N) is 3. The fraction of sp³-hybridized carbons (Fsp3) is 0.136. The van der Waals surface area contributed by atoms with E-state index in [1.54, 1.807) is 30.3 Å². The maximum atomic E-state index is 12.5. The predicted octanol–water partition coefficient (Wildman–Crippen LogP) is 2.72. The van der Waals surface area contributed by atoms with Gasteiger partial charge in [-0.3, -0.25) is 10.1 Å². The van der Waals surface area contributed by atoms with Gasteiger partial charge in [-0.2, -0.15) is 14.6 Å². The fourth-order valence-electron chi connectivity index (χ4n) is 2.64. The molecule has 1 aromatic heterocycles. The minimum Gasteiger partial charge on any atom is -0.497 e. The predicted molar refractivity (Wildman–Crippen MR) is 126 cm³/mol. The van der Waals surface area contributed by atoms with E-state index in [0.29, 0.717) is 28.4 Å². The first-order valence-corrected chi connectivity index (χ1v) is 12.3. The molecular formula is C22H18N4O7S2. The van der Waals surface area contributed by atoms with Crippen molar-refractivity contribution in [3.05, 3.63) is 59.2 Å². The second-order valence-electron chi connectivity index (χ2n) is 6.81. The number of hydrogen-bond donors (Lipinski definition) is 1. The number of benzene rings is 2. The maximum Gasteiger partial charge on any atom is 0.343 e. The SMILES string of the molecule is COc1ccc(C(=O)Oc2ccc(C=C(C#N)C(=O)Nc3nc(S(C)(=O)=O)ns3)cc2OC)cc1. The molecule has 1 amide bonds. The van der Waals surface area contributed by atoms with Crippen LogP contribution < -0.4 is 19.5 Å². The zero-order chi connectivity index (χ0) is 25.6. The van der Waals surface area contributed by atoms with Crippen LogP contribution >= 0.6 is 11.5 Å². The van der Waals surface area contributed by atoms with Crippen LogP contribution in [0.15, 0.2) is 53.2 Å². The summed E-state index contributed by atoms with van der Waals surface area (Å²) in [6, 6.07) is 12.6. The van der Waals surface area contributed by atoms with Crippen molar-refractivity contribution >= 4 is 44.5 Å². The van der Waals surface area contributed by atoms with Crippen LogP contribution in [0, 0.1) is 11.3 Å². The molecule has 0 aliphatic carbocycles. The first-order valence-electron chi connectivity index (χ1n) is 9.65. The fourth-order valence-corrected chi connectivity index (χ4v) is 4.07. The zero-order valence-corrected chi connectivity index (χ0v) is 20.3. The Morgan fingerprint density at radius 2 is 1.80 bits per heavy atom. The van der Waals surface area contributed by atoms with Gasteiger partial charge in [0.15, 0.2) is 11.5 Å². The van der Waals surface area contributed by atoms with Gasteiger partial charge in [-0.1, -0.05) is 6.07 Å². The van der Waals surface area contributed by atoms with Gasteiger partial charge in [0.05, 0.1) is 19.8 Å². The molecule has 1 N–H and O–H groups in total. The van der Waals surface area contributed by atoms with Crippen LogP contribution in [0.4, 0.5) is 5.13 Å². The topological polar surface area (TPSA) is 158 Å². The van der Waals surface area contributed by atoms with E-state index >= 15 is 0 Å². The third-order valence-electron chi connectivity index (χ3n) is 4.35. The Morgan fingerprint density at radius 1 is 1.09 bits per heavy atom. The Morgan fingerprint density at radius 3 is 2.37 bits per heavy atom. The number of nitriles is 1. The van der Waals surface area contributed by atoms with Gasteiger partial charge in [0.1, 0.15) is 17.4 Å². The molecular weight excluding hydrogens is 496 g/mol. The highest BCUT2D eigenvalue weighted by molar-refractivity contribution is 7.90. The van der Waals surface area contributed by atoms with Crippen molar-refractivity contribution in [2.45, 2.75) is 5.16 Å². The van der Waals surface area contributed by atoms with E-state index in [0.717, 1.165) is 6.26 Å². The summed E-state index contributed by atoms with van der Waals surface area (Å²) >= 11 is 0.668. The number of hydrogen-bond acceptors (Lipinski definition) is 11. The van der Waals surface area contributed by atoms with Crippen molar-refractivity contribution in [3.8, 4) is 23.3 Å². The van der Waals surface area contributed by atoms with E-state index in [1.807, 2.05) is 0 Å². The van der Waals surface area contributed by atoms with Gasteiger partial charge >= 0.3 is 5.97 Å². The van der Waals surface area contributed by atoms with Gasteiger partial charge in [-0.15, -0.1) is 0 Å². The van der Waals surface area contributed by atoms with Crippen molar-refractivity contribution in [2.75, 3.05) is 25.8 Å². The molecule has 35 heavy (non-hydrogen) atoms. The molecule has 0 aliphatic heterocycles. The van der Waals surface area contributed by atoms with Crippen molar-refractivity contribution < 1.29 is 32.2 Å².